The number of hydrogen-bond acceptors (Lipinski definition) is 9. The summed E-state index contributed by atoms with van der Waals surface area (Å²) in [5, 5.41) is 5.00. The third kappa shape index (κ3) is 7.46. The highest BCUT2D eigenvalue weighted by atomic mass is 32.2. The number of ether oxygens (including phenoxy) is 2. The Morgan fingerprint density at radius 3 is 2.45 bits per heavy atom. The average molecular weight is 756 g/mol. The van der Waals surface area contributed by atoms with Gasteiger partial charge in [-0.2, -0.15) is 0 Å². The summed E-state index contributed by atoms with van der Waals surface area (Å²) in [6, 6.07) is 3.84. The highest BCUT2D eigenvalue weighted by Gasteiger charge is 2.62. The van der Waals surface area contributed by atoms with E-state index in [1.807, 2.05) is 26.0 Å². The molecule has 0 aromatic heterocycles. The van der Waals surface area contributed by atoms with Crippen molar-refractivity contribution >= 4 is 39.9 Å². The topological polar surface area (TPSA) is 181 Å². The summed E-state index contributed by atoms with van der Waals surface area (Å²) in [6.07, 6.45) is 3.93. The van der Waals surface area contributed by atoms with Crippen molar-refractivity contribution in [3.8, 4) is 0 Å². The highest BCUT2D eigenvalue weighted by Crippen LogP contribution is 2.50. The third-order valence-electron chi connectivity index (χ3n) is 12.3. The lowest BCUT2D eigenvalue weighted by Gasteiger charge is -2.35. The van der Waals surface area contributed by atoms with Crippen molar-refractivity contribution in [1.29, 1.82) is 0 Å². The molecule has 15 heteroatoms. The van der Waals surface area contributed by atoms with Crippen LogP contribution in [0.25, 0.3) is 0 Å². The van der Waals surface area contributed by atoms with Crippen LogP contribution >= 0.6 is 0 Å². The summed E-state index contributed by atoms with van der Waals surface area (Å²) in [7, 11) is -3.87. The Hall–Kier alpha value is -3.88. The number of fused-ring (bicyclic) bond motifs is 4. The molecule has 1 aromatic rings. The number of aryl methyl sites for hydroxylation is 1. The van der Waals surface area contributed by atoms with Gasteiger partial charge < -0.3 is 25.0 Å². The van der Waals surface area contributed by atoms with Gasteiger partial charge in [0.25, 0.3) is 5.91 Å². The van der Waals surface area contributed by atoms with E-state index in [2.05, 4.69) is 21.4 Å². The van der Waals surface area contributed by atoms with E-state index in [0.717, 1.165) is 43.2 Å². The molecular weight excluding hydrogens is 703 g/mol. The van der Waals surface area contributed by atoms with E-state index in [1.54, 1.807) is 25.7 Å². The fraction of sp³-hybridized carbons (Fsp3) is 0.711. The lowest BCUT2D eigenvalue weighted by molar-refractivity contribution is -0.143. The van der Waals surface area contributed by atoms with Crippen molar-refractivity contribution < 1.29 is 41.9 Å². The van der Waals surface area contributed by atoms with Gasteiger partial charge in [0, 0.05) is 25.4 Å². The van der Waals surface area contributed by atoms with Crippen LogP contribution in [-0.2, 0) is 53.4 Å². The first-order valence-corrected chi connectivity index (χ1v) is 20.7. The Morgan fingerprint density at radius 1 is 1.04 bits per heavy atom. The summed E-state index contributed by atoms with van der Waals surface area (Å²) >= 11 is 0. The molecule has 1 saturated heterocycles. The van der Waals surface area contributed by atoms with Crippen LogP contribution in [0.15, 0.2) is 18.2 Å². The zero-order valence-corrected chi connectivity index (χ0v) is 32.2. The minimum Gasteiger partial charge on any atom is -0.444 e. The first-order valence-electron chi connectivity index (χ1n) is 19.2. The summed E-state index contributed by atoms with van der Waals surface area (Å²) in [5.74, 6) is -2.10. The second-order valence-electron chi connectivity index (χ2n) is 17.4. The van der Waals surface area contributed by atoms with Crippen LogP contribution in [0.4, 0.5) is 9.59 Å². The number of alkyl carbamates (subject to hydrolysis) is 1. The van der Waals surface area contributed by atoms with Crippen molar-refractivity contribution in [2.45, 2.75) is 146 Å². The van der Waals surface area contributed by atoms with Gasteiger partial charge in [-0.05, 0) is 79.9 Å². The molecule has 3 N–H and O–H groups in total. The van der Waals surface area contributed by atoms with Gasteiger partial charge in [0.2, 0.25) is 21.8 Å². The monoisotopic (exact) mass is 755 g/mol. The number of carbonyl (C=O) groups is 5. The van der Waals surface area contributed by atoms with Gasteiger partial charge in [0.05, 0.1) is 11.8 Å². The molecule has 0 radical (unpaired) electrons. The Balaban J connectivity index is 1.16. The predicted molar refractivity (Wildman–Crippen MR) is 192 cm³/mol. The Labute approximate surface area is 311 Å². The summed E-state index contributed by atoms with van der Waals surface area (Å²) in [5.41, 5.74) is 0.467. The Morgan fingerprint density at radius 2 is 1.77 bits per heavy atom. The van der Waals surface area contributed by atoms with Gasteiger partial charge in [-0.1, -0.05) is 58.7 Å². The summed E-state index contributed by atoms with van der Waals surface area (Å²) in [6.45, 7) is 9.83. The van der Waals surface area contributed by atoms with Crippen LogP contribution in [0.2, 0.25) is 0 Å². The molecule has 14 nitrogen and oxygen atoms in total. The molecule has 3 aliphatic carbocycles. The molecule has 7 atom stereocenters. The molecule has 3 aliphatic heterocycles. The third-order valence-corrected chi connectivity index (χ3v) is 14.1. The number of rotatable bonds is 6. The lowest BCUT2D eigenvalue weighted by Crippen LogP contribution is -2.60. The first-order chi connectivity index (χ1) is 24.9. The molecule has 5 amide bonds. The van der Waals surface area contributed by atoms with E-state index >= 15 is 0 Å². The maximum atomic E-state index is 14.5. The maximum absolute atomic E-state index is 14.5. The van der Waals surface area contributed by atoms with E-state index < -0.39 is 79.9 Å². The van der Waals surface area contributed by atoms with Gasteiger partial charge in [-0.3, -0.25) is 24.0 Å². The van der Waals surface area contributed by atoms with Crippen molar-refractivity contribution in [3.05, 3.63) is 34.9 Å². The Bertz CT molecular complexity index is 1810. The number of benzene rings is 1. The number of nitrogens with one attached hydrogen (secondary N) is 3. The predicted octanol–water partition coefficient (Wildman–Crippen LogP) is 3.65. The molecule has 0 unspecified atom stereocenters. The minimum atomic E-state index is -3.87. The van der Waals surface area contributed by atoms with E-state index in [9.17, 15) is 32.4 Å². The van der Waals surface area contributed by atoms with Crippen LogP contribution in [0.3, 0.4) is 0 Å². The van der Waals surface area contributed by atoms with Gasteiger partial charge >= 0.3 is 12.2 Å². The Kier molecular flexibility index (Phi) is 9.50. The van der Waals surface area contributed by atoms with Crippen molar-refractivity contribution in [2.24, 2.45) is 17.3 Å². The van der Waals surface area contributed by atoms with Crippen LogP contribution in [-0.4, -0.2) is 89.2 Å². The molecule has 4 fully saturated rings. The molecule has 4 bridgehead atoms. The van der Waals surface area contributed by atoms with E-state index in [4.69, 9.17) is 9.47 Å². The largest absolute Gasteiger partial charge is 0.444 e. The van der Waals surface area contributed by atoms with Crippen molar-refractivity contribution in [3.63, 3.8) is 0 Å². The quantitative estimate of drug-likeness (QED) is 0.391. The molecule has 3 heterocycles. The van der Waals surface area contributed by atoms with Gasteiger partial charge in [-0.25, -0.2) is 18.0 Å². The molecule has 7 rings (SSSR count). The number of sulfonamides is 1. The number of hydrogen-bond donors (Lipinski definition) is 3. The zero-order chi connectivity index (χ0) is 38.1. The maximum Gasteiger partial charge on any atom is 0.410 e. The van der Waals surface area contributed by atoms with Crippen molar-refractivity contribution in [1.82, 2.24) is 25.2 Å². The molecule has 3 saturated carbocycles. The average Bonchev–Trinajstić information content (AvgIpc) is 4.04. The number of carbonyl (C=O) groups excluding carboxylic acids is 5. The van der Waals surface area contributed by atoms with Gasteiger partial charge in [0.1, 0.15) is 29.3 Å². The second kappa shape index (κ2) is 13.5. The molecular formula is C38H53N5O9S. The number of nitrogens with zero attached hydrogens (tertiary/aromatic N) is 2. The van der Waals surface area contributed by atoms with Crippen LogP contribution in [0.1, 0.15) is 109 Å². The second-order valence-corrected chi connectivity index (χ2v) is 19.4. The van der Waals surface area contributed by atoms with Gasteiger partial charge in [0.15, 0.2) is 0 Å². The standard InChI is InChI=1S/C38H53N5O9S/c1-6-24-18-38(24,33(46)41-53(49,50)27-14-15-27)40-31(44)29-16-26-20-43(29)32(45)30(36(2,3)4)39-34(47)52-37(5)17-25(37)13-8-7-10-22-11-9-12-23-19-42(21-28(22)23)35(48)51-26/h9,11-12,24-27,29-30H,6-8,10,13-21H2,1-5H3,(H,39,47)(H,40,44)(H,41,46)/t24-,25+,26+,29-,30+,37+,38+/m0/s1. The van der Waals surface area contributed by atoms with Crippen LogP contribution in [0, 0.1) is 17.3 Å². The molecule has 0 spiro atoms. The lowest BCUT2D eigenvalue weighted by atomic mass is 9.85. The fourth-order valence-electron chi connectivity index (χ4n) is 8.58. The first kappa shape index (κ1) is 37.4. The SMILES string of the molecule is CC[C@H]1C[C@]1(NC(=O)[C@@H]1C[C@@H]2CN1C(=O)[C@H](C(C)(C)C)NC(=O)O[C@]1(C)C[C@H]1CCCCc1cccc3c1CN(C3)C(=O)O2)C(=O)NS(=O)(=O)C1CC1. The molecule has 6 aliphatic rings. The van der Waals surface area contributed by atoms with Gasteiger partial charge in [-0.15, -0.1) is 0 Å². The highest BCUT2D eigenvalue weighted by molar-refractivity contribution is 7.91. The molecule has 1 aromatic carbocycles. The fourth-order valence-corrected chi connectivity index (χ4v) is 9.95. The van der Waals surface area contributed by atoms with Crippen LogP contribution in [0.5, 0.6) is 0 Å². The summed E-state index contributed by atoms with van der Waals surface area (Å²) < 4.78 is 39.6. The number of amides is 5. The van der Waals surface area contributed by atoms with Crippen molar-refractivity contribution in [2.75, 3.05) is 6.54 Å². The van der Waals surface area contributed by atoms with Crippen LogP contribution < -0.4 is 15.4 Å². The van der Waals surface area contributed by atoms with E-state index in [0.29, 0.717) is 32.4 Å². The van der Waals surface area contributed by atoms with E-state index in [-0.39, 0.29) is 31.2 Å². The minimum absolute atomic E-state index is 0.0503. The normalized spacial score (nSPS) is 33.2. The molecule has 53 heavy (non-hydrogen) atoms. The summed E-state index contributed by atoms with van der Waals surface area (Å²) in [4.78, 5) is 72.3. The zero-order valence-electron chi connectivity index (χ0n) is 31.4. The van der Waals surface area contributed by atoms with E-state index in [1.165, 1.54) is 10.5 Å². The smallest absolute Gasteiger partial charge is 0.410 e. The molecule has 290 valence electrons.